The molecular formula is C14H22ClN3O2. The summed E-state index contributed by atoms with van der Waals surface area (Å²) in [5, 5.41) is 17.2. The summed E-state index contributed by atoms with van der Waals surface area (Å²) in [5.74, 6) is 0.184. The highest BCUT2D eigenvalue weighted by Crippen LogP contribution is 2.24. The van der Waals surface area contributed by atoms with Gasteiger partial charge in [-0.05, 0) is 31.6 Å². The second-order valence-electron chi connectivity index (χ2n) is 5.49. The number of carbonyl (C=O) groups is 1. The molecule has 6 heteroatoms. The van der Waals surface area contributed by atoms with E-state index in [4.69, 9.17) is 11.6 Å². The summed E-state index contributed by atoms with van der Waals surface area (Å²) in [5.41, 5.74) is 1.20. The van der Waals surface area contributed by atoms with Gasteiger partial charge < -0.3 is 10.4 Å². The van der Waals surface area contributed by atoms with Crippen LogP contribution >= 0.6 is 11.6 Å². The molecular weight excluding hydrogens is 278 g/mol. The van der Waals surface area contributed by atoms with E-state index in [9.17, 15) is 9.90 Å². The molecule has 1 aromatic heterocycles. The Morgan fingerprint density at radius 3 is 2.95 bits per heavy atom. The molecule has 2 unspecified atom stereocenters. The van der Waals surface area contributed by atoms with E-state index in [0.717, 1.165) is 31.4 Å². The number of aromatic nitrogens is 2. The predicted octanol–water partition coefficient (Wildman–Crippen LogP) is 1.92. The van der Waals surface area contributed by atoms with Crippen molar-refractivity contribution >= 4 is 17.5 Å². The maximum Gasteiger partial charge on any atom is 0.256 e. The first kappa shape index (κ1) is 15.3. The van der Waals surface area contributed by atoms with Crippen molar-refractivity contribution in [1.29, 1.82) is 0 Å². The second-order valence-corrected chi connectivity index (χ2v) is 5.84. The van der Waals surface area contributed by atoms with Gasteiger partial charge in [0, 0.05) is 13.6 Å². The SMILES string of the molecule is CCc1nn(C)c(Cl)c1C(=O)NCC1CCCC(O)C1. The predicted molar refractivity (Wildman–Crippen MR) is 77.9 cm³/mol. The lowest BCUT2D eigenvalue weighted by molar-refractivity contribution is 0.0873. The van der Waals surface area contributed by atoms with Crippen molar-refractivity contribution in [3.63, 3.8) is 0 Å². The fraction of sp³-hybridized carbons (Fsp3) is 0.714. The van der Waals surface area contributed by atoms with Crippen molar-refractivity contribution in [2.24, 2.45) is 13.0 Å². The van der Waals surface area contributed by atoms with Gasteiger partial charge in [-0.2, -0.15) is 5.10 Å². The Morgan fingerprint density at radius 2 is 2.30 bits per heavy atom. The van der Waals surface area contributed by atoms with Gasteiger partial charge in [0.15, 0.2) is 0 Å². The number of aliphatic hydroxyl groups is 1. The van der Waals surface area contributed by atoms with Crippen LogP contribution in [0.4, 0.5) is 0 Å². The number of hydrogen-bond acceptors (Lipinski definition) is 3. The number of amides is 1. The number of nitrogens with one attached hydrogen (secondary N) is 1. The second kappa shape index (κ2) is 6.59. The first-order valence-electron chi connectivity index (χ1n) is 7.20. The summed E-state index contributed by atoms with van der Waals surface area (Å²) in [6.07, 6.45) is 4.17. The van der Waals surface area contributed by atoms with Gasteiger partial charge in [-0.25, -0.2) is 0 Å². The third kappa shape index (κ3) is 3.33. The number of aliphatic hydroxyl groups excluding tert-OH is 1. The van der Waals surface area contributed by atoms with Gasteiger partial charge in [0.25, 0.3) is 5.91 Å². The maximum atomic E-state index is 12.3. The van der Waals surface area contributed by atoms with Crippen LogP contribution in [-0.4, -0.2) is 33.4 Å². The number of nitrogens with zero attached hydrogens (tertiary/aromatic N) is 2. The van der Waals surface area contributed by atoms with Crippen molar-refractivity contribution in [1.82, 2.24) is 15.1 Å². The fourth-order valence-electron chi connectivity index (χ4n) is 2.80. The van der Waals surface area contributed by atoms with Gasteiger partial charge in [-0.15, -0.1) is 0 Å². The van der Waals surface area contributed by atoms with Gasteiger partial charge in [-0.1, -0.05) is 24.9 Å². The number of halogens is 1. The molecule has 1 fully saturated rings. The Balaban J connectivity index is 1.98. The summed E-state index contributed by atoms with van der Waals surface area (Å²) in [4.78, 5) is 12.3. The lowest BCUT2D eigenvalue weighted by atomic mass is 9.87. The molecule has 0 saturated heterocycles. The summed E-state index contributed by atoms with van der Waals surface area (Å²) >= 11 is 6.13. The molecule has 2 N–H and O–H groups in total. The van der Waals surface area contributed by atoms with Crippen LogP contribution in [0, 0.1) is 5.92 Å². The third-order valence-electron chi connectivity index (χ3n) is 3.92. The van der Waals surface area contributed by atoms with Crippen molar-refractivity contribution < 1.29 is 9.90 Å². The van der Waals surface area contributed by atoms with E-state index >= 15 is 0 Å². The highest BCUT2D eigenvalue weighted by Gasteiger charge is 2.23. The van der Waals surface area contributed by atoms with E-state index in [1.54, 1.807) is 7.05 Å². The van der Waals surface area contributed by atoms with E-state index in [0.29, 0.717) is 29.6 Å². The smallest absolute Gasteiger partial charge is 0.256 e. The summed E-state index contributed by atoms with van der Waals surface area (Å²) in [7, 11) is 1.73. The quantitative estimate of drug-likeness (QED) is 0.892. The molecule has 1 saturated carbocycles. The van der Waals surface area contributed by atoms with Crippen molar-refractivity contribution in [2.45, 2.75) is 45.1 Å². The molecule has 1 heterocycles. The minimum Gasteiger partial charge on any atom is -0.393 e. The summed E-state index contributed by atoms with van der Waals surface area (Å²) in [6.45, 7) is 2.54. The number of aryl methyl sites for hydroxylation is 2. The molecule has 1 aliphatic rings. The van der Waals surface area contributed by atoms with E-state index in [1.165, 1.54) is 4.68 Å². The van der Waals surface area contributed by atoms with Crippen molar-refractivity contribution in [2.75, 3.05) is 6.54 Å². The standard InChI is InChI=1S/C14H22ClN3O2/c1-3-11-12(13(15)18(2)17-11)14(20)16-8-9-5-4-6-10(19)7-9/h9-10,19H,3-8H2,1-2H3,(H,16,20). The van der Waals surface area contributed by atoms with E-state index < -0.39 is 0 Å². The third-order valence-corrected chi connectivity index (χ3v) is 4.35. The largest absolute Gasteiger partial charge is 0.393 e. The Morgan fingerprint density at radius 1 is 1.55 bits per heavy atom. The fourth-order valence-corrected chi connectivity index (χ4v) is 3.03. The average molecular weight is 300 g/mol. The molecule has 1 aromatic rings. The molecule has 2 atom stereocenters. The zero-order valence-electron chi connectivity index (χ0n) is 12.0. The van der Waals surface area contributed by atoms with Crippen LogP contribution in [0.1, 0.15) is 48.7 Å². The van der Waals surface area contributed by atoms with E-state index in [-0.39, 0.29) is 12.0 Å². The molecule has 20 heavy (non-hydrogen) atoms. The first-order valence-corrected chi connectivity index (χ1v) is 7.58. The Hall–Kier alpha value is -1.07. The Bertz CT molecular complexity index is 487. The summed E-state index contributed by atoms with van der Waals surface area (Å²) < 4.78 is 1.53. The normalized spacial score (nSPS) is 22.8. The Labute approximate surface area is 124 Å². The molecule has 2 rings (SSSR count). The molecule has 0 aromatic carbocycles. The highest BCUT2D eigenvalue weighted by molar-refractivity contribution is 6.33. The number of hydrogen-bond donors (Lipinski definition) is 2. The Kier molecular flexibility index (Phi) is 5.05. The minimum atomic E-state index is -0.223. The van der Waals surface area contributed by atoms with Crippen LogP contribution in [-0.2, 0) is 13.5 Å². The van der Waals surface area contributed by atoms with Gasteiger partial charge >= 0.3 is 0 Å². The van der Waals surface area contributed by atoms with Crippen LogP contribution in [0.25, 0.3) is 0 Å². The monoisotopic (exact) mass is 299 g/mol. The van der Waals surface area contributed by atoms with Crippen LogP contribution in [0.3, 0.4) is 0 Å². The topological polar surface area (TPSA) is 67.2 Å². The minimum absolute atomic E-state index is 0.167. The van der Waals surface area contributed by atoms with Crippen LogP contribution in [0.2, 0.25) is 5.15 Å². The molecule has 5 nitrogen and oxygen atoms in total. The molecule has 0 bridgehead atoms. The lowest BCUT2D eigenvalue weighted by Gasteiger charge is -2.25. The molecule has 0 radical (unpaired) electrons. The van der Waals surface area contributed by atoms with Crippen LogP contribution in [0.15, 0.2) is 0 Å². The molecule has 0 aliphatic heterocycles. The van der Waals surface area contributed by atoms with Gasteiger partial charge in [0.05, 0.1) is 17.4 Å². The van der Waals surface area contributed by atoms with E-state index in [2.05, 4.69) is 10.4 Å². The van der Waals surface area contributed by atoms with Crippen LogP contribution < -0.4 is 5.32 Å². The van der Waals surface area contributed by atoms with Gasteiger partial charge in [-0.3, -0.25) is 9.48 Å². The number of rotatable bonds is 4. The average Bonchev–Trinajstić information content (AvgIpc) is 2.72. The maximum absolute atomic E-state index is 12.3. The molecule has 1 amide bonds. The first-order chi connectivity index (χ1) is 9.52. The lowest BCUT2D eigenvalue weighted by Crippen LogP contribution is -2.33. The highest BCUT2D eigenvalue weighted by atomic mass is 35.5. The zero-order chi connectivity index (χ0) is 14.7. The van der Waals surface area contributed by atoms with Crippen molar-refractivity contribution in [3.8, 4) is 0 Å². The van der Waals surface area contributed by atoms with Crippen LogP contribution in [0.5, 0.6) is 0 Å². The van der Waals surface area contributed by atoms with Crippen molar-refractivity contribution in [3.05, 3.63) is 16.4 Å². The zero-order valence-corrected chi connectivity index (χ0v) is 12.8. The molecule has 112 valence electrons. The summed E-state index contributed by atoms with van der Waals surface area (Å²) in [6, 6.07) is 0. The molecule has 1 aliphatic carbocycles. The molecule has 0 spiro atoms. The van der Waals surface area contributed by atoms with Gasteiger partial charge in [0.2, 0.25) is 0 Å². The van der Waals surface area contributed by atoms with Gasteiger partial charge in [0.1, 0.15) is 5.15 Å². The van der Waals surface area contributed by atoms with E-state index in [1.807, 2.05) is 6.92 Å². The number of carbonyl (C=O) groups excluding carboxylic acids is 1.